The molecule has 2 heteroatoms. The van der Waals surface area contributed by atoms with Crippen molar-refractivity contribution in [3.8, 4) is 0 Å². The quantitative estimate of drug-likeness (QED) is 0.884. The highest BCUT2D eigenvalue weighted by molar-refractivity contribution is 5.40. The first-order valence-corrected chi connectivity index (χ1v) is 8.15. The van der Waals surface area contributed by atoms with Gasteiger partial charge in [-0.2, -0.15) is 0 Å². The standard InChI is InChI=1S/C18H26O2/c1-2-20-18(10-6-3-7-11-18)17(19)13-15-12-14-8-4-5-9-16(14)15/h4-5,8-9,15,17,19H,2-3,6-7,10-13H2,1H3. The Balaban J connectivity index is 1.67. The van der Waals surface area contributed by atoms with Crippen molar-refractivity contribution in [1.82, 2.24) is 0 Å². The Kier molecular flexibility index (Phi) is 4.13. The topological polar surface area (TPSA) is 29.5 Å². The third-order valence-corrected chi connectivity index (χ3v) is 5.21. The molecular formula is C18H26O2. The SMILES string of the molecule is CCOC1(C(O)CC2Cc3ccccc32)CCCCC1. The largest absolute Gasteiger partial charge is 0.390 e. The van der Waals surface area contributed by atoms with Crippen molar-refractivity contribution >= 4 is 0 Å². The maximum absolute atomic E-state index is 10.8. The molecule has 2 atom stereocenters. The molecule has 1 N–H and O–H groups in total. The summed E-state index contributed by atoms with van der Waals surface area (Å²) in [4.78, 5) is 0. The first kappa shape index (κ1) is 14.1. The minimum absolute atomic E-state index is 0.266. The number of aliphatic hydroxyl groups excluding tert-OH is 1. The zero-order chi connectivity index (χ0) is 14.0. The van der Waals surface area contributed by atoms with E-state index in [1.807, 2.05) is 6.92 Å². The number of fused-ring (bicyclic) bond motifs is 1. The molecule has 3 rings (SSSR count). The molecule has 2 nitrogen and oxygen atoms in total. The second-order valence-electron chi connectivity index (χ2n) is 6.41. The highest BCUT2D eigenvalue weighted by Crippen LogP contribution is 2.43. The monoisotopic (exact) mass is 274 g/mol. The molecule has 0 amide bonds. The molecule has 0 aromatic heterocycles. The van der Waals surface area contributed by atoms with Crippen LogP contribution in [0, 0.1) is 0 Å². The molecule has 1 aromatic carbocycles. The highest BCUT2D eigenvalue weighted by Gasteiger charge is 2.42. The lowest BCUT2D eigenvalue weighted by atomic mass is 9.70. The first-order valence-electron chi connectivity index (χ1n) is 8.15. The third-order valence-electron chi connectivity index (χ3n) is 5.21. The summed E-state index contributed by atoms with van der Waals surface area (Å²) in [6, 6.07) is 8.63. The van der Waals surface area contributed by atoms with Gasteiger partial charge in [-0.3, -0.25) is 0 Å². The summed E-state index contributed by atoms with van der Waals surface area (Å²) in [6.07, 6.45) is 7.38. The second kappa shape index (κ2) is 5.87. The Morgan fingerprint density at radius 2 is 2.00 bits per heavy atom. The maximum Gasteiger partial charge on any atom is 0.0940 e. The van der Waals surface area contributed by atoms with Crippen LogP contribution >= 0.6 is 0 Å². The molecule has 0 saturated heterocycles. The Morgan fingerprint density at radius 3 is 2.70 bits per heavy atom. The Hall–Kier alpha value is -0.860. The van der Waals surface area contributed by atoms with E-state index in [0.29, 0.717) is 12.5 Å². The molecule has 1 aromatic rings. The van der Waals surface area contributed by atoms with E-state index in [2.05, 4.69) is 24.3 Å². The summed E-state index contributed by atoms with van der Waals surface area (Å²) >= 11 is 0. The fourth-order valence-electron chi connectivity index (χ4n) is 4.07. The molecule has 1 saturated carbocycles. The fourth-order valence-corrected chi connectivity index (χ4v) is 4.07. The lowest BCUT2D eigenvalue weighted by Gasteiger charge is -2.43. The summed E-state index contributed by atoms with van der Waals surface area (Å²) in [7, 11) is 0. The molecular weight excluding hydrogens is 248 g/mol. The van der Waals surface area contributed by atoms with Crippen LogP contribution in [-0.2, 0) is 11.2 Å². The molecule has 0 bridgehead atoms. The van der Waals surface area contributed by atoms with Crippen molar-refractivity contribution in [3.63, 3.8) is 0 Å². The normalized spacial score (nSPS) is 25.6. The van der Waals surface area contributed by atoms with Crippen LogP contribution in [0.15, 0.2) is 24.3 Å². The van der Waals surface area contributed by atoms with Gasteiger partial charge in [0.15, 0.2) is 0 Å². The smallest absolute Gasteiger partial charge is 0.0940 e. The van der Waals surface area contributed by atoms with Crippen LogP contribution in [0.3, 0.4) is 0 Å². The Morgan fingerprint density at radius 1 is 1.25 bits per heavy atom. The van der Waals surface area contributed by atoms with Gasteiger partial charge in [-0.25, -0.2) is 0 Å². The first-order chi connectivity index (χ1) is 9.75. The predicted molar refractivity (Wildman–Crippen MR) is 81.0 cm³/mol. The fraction of sp³-hybridized carbons (Fsp3) is 0.667. The van der Waals surface area contributed by atoms with Crippen LogP contribution in [0.25, 0.3) is 0 Å². The van der Waals surface area contributed by atoms with Crippen LogP contribution in [0.1, 0.15) is 62.5 Å². The molecule has 20 heavy (non-hydrogen) atoms. The van der Waals surface area contributed by atoms with E-state index >= 15 is 0 Å². The molecule has 2 aliphatic carbocycles. The van der Waals surface area contributed by atoms with E-state index in [9.17, 15) is 5.11 Å². The number of ether oxygens (including phenoxy) is 1. The van der Waals surface area contributed by atoms with Gasteiger partial charge in [0.25, 0.3) is 0 Å². The molecule has 1 fully saturated rings. The Labute approximate surface area is 122 Å². The molecule has 0 aliphatic heterocycles. The molecule has 110 valence electrons. The van der Waals surface area contributed by atoms with Gasteiger partial charge < -0.3 is 9.84 Å². The predicted octanol–water partition coefficient (Wildman–Crippen LogP) is 3.82. The molecule has 2 aliphatic rings. The van der Waals surface area contributed by atoms with Crippen molar-refractivity contribution in [2.24, 2.45) is 0 Å². The van der Waals surface area contributed by atoms with Crippen LogP contribution in [0.2, 0.25) is 0 Å². The Bertz CT molecular complexity index is 443. The summed E-state index contributed by atoms with van der Waals surface area (Å²) in [6.45, 7) is 2.75. The van der Waals surface area contributed by atoms with Gasteiger partial charge >= 0.3 is 0 Å². The number of hydrogen-bond acceptors (Lipinski definition) is 2. The second-order valence-corrected chi connectivity index (χ2v) is 6.41. The highest BCUT2D eigenvalue weighted by atomic mass is 16.5. The van der Waals surface area contributed by atoms with Crippen molar-refractivity contribution in [3.05, 3.63) is 35.4 Å². The van der Waals surface area contributed by atoms with Gasteiger partial charge in [-0.1, -0.05) is 43.5 Å². The van der Waals surface area contributed by atoms with Gasteiger partial charge in [0.2, 0.25) is 0 Å². The zero-order valence-corrected chi connectivity index (χ0v) is 12.5. The number of aliphatic hydroxyl groups is 1. The van der Waals surface area contributed by atoms with Crippen molar-refractivity contribution in [2.45, 2.75) is 69.5 Å². The number of benzene rings is 1. The summed E-state index contributed by atoms with van der Waals surface area (Å²) in [5.74, 6) is 0.528. The van der Waals surface area contributed by atoms with Gasteiger partial charge in [0.05, 0.1) is 11.7 Å². The zero-order valence-electron chi connectivity index (χ0n) is 12.5. The maximum atomic E-state index is 10.8. The van der Waals surface area contributed by atoms with Crippen LogP contribution in [0.4, 0.5) is 0 Å². The minimum Gasteiger partial charge on any atom is -0.390 e. The average Bonchev–Trinajstić information content (AvgIpc) is 2.46. The lowest BCUT2D eigenvalue weighted by Crippen LogP contribution is -2.47. The van der Waals surface area contributed by atoms with Gasteiger partial charge in [-0.15, -0.1) is 0 Å². The van der Waals surface area contributed by atoms with Gasteiger partial charge in [0.1, 0.15) is 0 Å². The van der Waals surface area contributed by atoms with Crippen LogP contribution in [-0.4, -0.2) is 23.4 Å². The summed E-state index contributed by atoms with van der Waals surface area (Å²) < 4.78 is 6.04. The lowest BCUT2D eigenvalue weighted by molar-refractivity contribution is -0.143. The molecule has 0 spiro atoms. The molecule has 2 unspecified atom stereocenters. The van der Waals surface area contributed by atoms with E-state index in [1.165, 1.54) is 30.4 Å². The van der Waals surface area contributed by atoms with E-state index in [0.717, 1.165) is 25.7 Å². The average molecular weight is 274 g/mol. The van der Waals surface area contributed by atoms with Crippen molar-refractivity contribution in [1.29, 1.82) is 0 Å². The number of rotatable bonds is 5. The summed E-state index contributed by atoms with van der Waals surface area (Å²) in [5, 5.41) is 10.8. The van der Waals surface area contributed by atoms with Crippen LogP contribution < -0.4 is 0 Å². The molecule has 0 heterocycles. The van der Waals surface area contributed by atoms with Crippen LogP contribution in [0.5, 0.6) is 0 Å². The number of hydrogen-bond donors (Lipinski definition) is 1. The van der Waals surface area contributed by atoms with Crippen molar-refractivity contribution in [2.75, 3.05) is 6.61 Å². The van der Waals surface area contributed by atoms with E-state index in [1.54, 1.807) is 0 Å². The van der Waals surface area contributed by atoms with E-state index in [4.69, 9.17) is 4.74 Å². The minimum atomic E-state index is -0.318. The van der Waals surface area contributed by atoms with E-state index in [-0.39, 0.29) is 11.7 Å². The third kappa shape index (κ3) is 2.51. The van der Waals surface area contributed by atoms with E-state index < -0.39 is 0 Å². The van der Waals surface area contributed by atoms with Crippen molar-refractivity contribution < 1.29 is 9.84 Å². The van der Waals surface area contributed by atoms with Gasteiger partial charge in [-0.05, 0) is 49.7 Å². The van der Waals surface area contributed by atoms with Gasteiger partial charge in [0, 0.05) is 6.61 Å². The summed E-state index contributed by atoms with van der Waals surface area (Å²) in [5.41, 5.74) is 2.63. The molecule has 0 radical (unpaired) electrons.